The summed E-state index contributed by atoms with van der Waals surface area (Å²) in [5.41, 5.74) is 4.14. The Morgan fingerprint density at radius 2 is 2.00 bits per heavy atom. The van der Waals surface area contributed by atoms with Gasteiger partial charge in [0, 0.05) is 61.5 Å². The topological polar surface area (TPSA) is 83.5 Å². The largest absolute Gasteiger partial charge is 0.444 e. The highest BCUT2D eigenvalue weighted by atomic mass is 35.5. The van der Waals surface area contributed by atoms with Crippen LogP contribution in [0.2, 0.25) is 10.0 Å². The number of amides is 2. The average Bonchev–Trinajstić information content (AvgIpc) is 3.54. The van der Waals surface area contributed by atoms with E-state index in [1.807, 2.05) is 44.9 Å². The predicted octanol–water partition coefficient (Wildman–Crippen LogP) is 5.16. The van der Waals surface area contributed by atoms with Crippen LogP contribution in [0.15, 0.2) is 18.3 Å². The van der Waals surface area contributed by atoms with Crippen LogP contribution in [-0.2, 0) is 29.5 Å². The van der Waals surface area contributed by atoms with E-state index in [9.17, 15) is 9.59 Å². The summed E-state index contributed by atoms with van der Waals surface area (Å²) in [5.74, 6) is -0.0424. The molecule has 0 spiro atoms. The number of hydrogen-bond donors (Lipinski definition) is 1. The number of aryl methyl sites for hydroxylation is 1. The van der Waals surface area contributed by atoms with E-state index in [-0.39, 0.29) is 5.91 Å². The van der Waals surface area contributed by atoms with Crippen molar-refractivity contribution in [3.8, 4) is 11.3 Å². The molecule has 1 N–H and O–H groups in total. The Morgan fingerprint density at radius 3 is 2.69 bits per heavy atom. The molecule has 1 unspecified atom stereocenters. The normalized spacial score (nSPS) is 18.3. The van der Waals surface area contributed by atoms with Gasteiger partial charge in [-0.25, -0.2) is 4.79 Å². The molecule has 5 rings (SSSR count). The molecule has 3 aromatic rings. The summed E-state index contributed by atoms with van der Waals surface area (Å²) in [4.78, 5) is 29.9. The molecule has 1 aromatic carbocycles. The number of halogens is 2. The highest BCUT2D eigenvalue weighted by Gasteiger charge is 2.40. The Balaban J connectivity index is 1.51. The minimum atomic E-state index is -0.611. The first kappa shape index (κ1) is 24.0. The number of aromatic nitrogens is 3. The van der Waals surface area contributed by atoms with Gasteiger partial charge in [-0.1, -0.05) is 23.2 Å². The molecule has 2 amide bonds. The summed E-state index contributed by atoms with van der Waals surface area (Å²) in [6, 6.07) is 3.23. The smallest absolute Gasteiger partial charge is 0.410 e. The Hall–Kier alpha value is -2.71. The Bertz CT molecular complexity index is 1310. The lowest BCUT2D eigenvalue weighted by Crippen LogP contribution is -2.50. The Kier molecular flexibility index (Phi) is 6.00. The number of nitrogens with one attached hydrogen (secondary N) is 1. The zero-order valence-electron chi connectivity index (χ0n) is 20.3. The molecule has 8 nitrogen and oxygen atoms in total. The minimum absolute atomic E-state index is 0.0424. The van der Waals surface area contributed by atoms with E-state index >= 15 is 0 Å². The molecular weight excluding hydrogens is 489 g/mol. The van der Waals surface area contributed by atoms with E-state index in [1.54, 1.807) is 11.1 Å². The van der Waals surface area contributed by atoms with Crippen LogP contribution in [0.4, 0.5) is 4.79 Å². The molecule has 10 heteroatoms. The third-order valence-electron chi connectivity index (χ3n) is 6.82. The van der Waals surface area contributed by atoms with E-state index in [4.69, 9.17) is 27.9 Å². The number of nitrogens with zero attached hydrogens (tertiary/aromatic N) is 4. The molecule has 2 aromatic heterocycles. The Morgan fingerprint density at radius 1 is 1.23 bits per heavy atom. The van der Waals surface area contributed by atoms with Gasteiger partial charge in [-0.05, 0) is 45.7 Å². The Labute approximate surface area is 214 Å². The number of carbonyl (C=O) groups excluding carboxylic acids is 2. The zero-order valence-corrected chi connectivity index (χ0v) is 21.8. The first-order valence-electron chi connectivity index (χ1n) is 11.8. The summed E-state index contributed by atoms with van der Waals surface area (Å²) in [6.07, 6.45) is 3.36. The number of fused-ring (bicyclic) bond motifs is 3. The summed E-state index contributed by atoms with van der Waals surface area (Å²) in [6.45, 7) is 7.02. The molecule has 1 saturated heterocycles. The van der Waals surface area contributed by atoms with Crippen LogP contribution in [0.5, 0.6) is 0 Å². The molecule has 35 heavy (non-hydrogen) atoms. The van der Waals surface area contributed by atoms with Crippen molar-refractivity contribution in [2.45, 2.75) is 58.2 Å². The van der Waals surface area contributed by atoms with Crippen LogP contribution < -0.4 is 0 Å². The highest BCUT2D eigenvalue weighted by molar-refractivity contribution is 6.45. The van der Waals surface area contributed by atoms with Crippen LogP contribution in [0.3, 0.4) is 0 Å². The zero-order chi connectivity index (χ0) is 25.1. The van der Waals surface area contributed by atoms with Gasteiger partial charge in [0.2, 0.25) is 5.91 Å². The number of rotatable bonds is 2. The maximum Gasteiger partial charge on any atom is 0.410 e. The lowest BCUT2D eigenvalue weighted by Gasteiger charge is -2.34. The van der Waals surface area contributed by atoms with E-state index in [1.165, 1.54) is 0 Å². The summed E-state index contributed by atoms with van der Waals surface area (Å²) >= 11 is 13.2. The van der Waals surface area contributed by atoms with Gasteiger partial charge in [0.15, 0.2) is 0 Å². The number of carbonyl (C=O) groups is 2. The van der Waals surface area contributed by atoms with Crippen LogP contribution in [0, 0.1) is 0 Å². The van der Waals surface area contributed by atoms with Crippen molar-refractivity contribution in [1.29, 1.82) is 0 Å². The number of benzene rings is 1. The fourth-order valence-corrected chi connectivity index (χ4v) is 5.77. The van der Waals surface area contributed by atoms with Gasteiger partial charge < -0.3 is 14.2 Å². The second kappa shape index (κ2) is 8.75. The lowest BCUT2D eigenvalue weighted by atomic mass is 9.98. The molecule has 0 radical (unpaired) electrons. The third-order valence-corrected chi connectivity index (χ3v) is 7.60. The lowest BCUT2D eigenvalue weighted by molar-refractivity contribution is -0.136. The van der Waals surface area contributed by atoms with Crippen molar-refractivity contribution < 1.29 is 14.3 Å². The SMILES string of the molecule is Cn1c2c(c3c(-c4ccn[nH]4)cc(Cl)c(Cl)c31)CN(C(=O)C1CCCN1C(=O)OC(C)(C)C)CC2. The van der Waals surface area contributed by atoms with Crippen molar-refractivity contribution in [2.75, 3.05) is 13.1 Å². The van der Waals surface area contributed by atoms with Gasteiger partial charge in [0.05, 0.1) is 21.3 Å². The van der Waals surface area contributed by atoms with Gasteiger partial charge >= 0.3 is 6.09 Å². The number of likely N-dealkylation sites (tertiary alicyclic amines) is 1. The maximum atomic E-state index is 13.7. The van der Waals surface area contributed by atoms with E-state index in [2.05, 4.69) is 14.8 Å². The predicted molar refractivity (Wildman–Crippen MR) is 136 cm³/mol. The molecular formula is C25H29Cl2N5O3. The van der Waals surface area contributed by atoms with Crippen LogP contribution in [-0.4, -0.2) is 61.3 Å². The number of aromatic amines is 1. The van der Waals surface area contributed by atoms with Crippen molar-refractivity contribution >= 4 is 46.1 Å². The van der Waals surface area contributed by atoms with Crippen molar-refractivity contribution in [2.24, 2.45) is 7.05 Å². The van der Waals surface area contributed by atoms with E-state index in [0.717, 1.165) is 39.8 Å². The molecule has 1 atom stereocenters. The number of ether oxygens (including phenoxy) is 1. The fraction of sp³-hybridized carbons (Fsp3) is 0.480. The second-order valence-electron chi connectivity index (χ2n) is 10.2. The molecule has 186 valence electrons. The van der Waals surface area contributed by atoms with Crippen molar-refractivity contribution in [3.63, 3.8) is 0 Å². The molecule has 0 saturated carbocycles. The van der Waals surface area contributed by atoms with Crippen LogP contribution >= 0.6 is 23.2 Å². The monoisotopic (exact) mass is 517 g/mol. The molecule has 2 aliphatic heterocycles. The van der Waals surface area contributed by atoms with Gasteiger partial charge in [0.1, 0.15) is 11.6 Å². The molecule has 1 fully saturated rings. The highest BCUT2D eigenvalue weighted by Crippen LogP contribution is 2.43. The van der Waals surface area contributed by atoms with Gasteiger partial charge in [-0.3, -0.25) is 14.8 Å². The average molecular weight is 518 g/mol. The van der Waals surface area contributed by atoms with E-state index < -0.39 is 17.7 Å². The first-order chi connectivity index (χ1) is 16.6. The van der Waals surface area contributed by atoms with Gasteiger partial charge in [0.25, 0.3) is 0 Å². The molecule has 0 aliphatic carbocycles. The standard InChI is InChI=1S/C25H29Cl2N5O3/c1-25(2,3)35-24(34)32-10-5-6-19(32)23(33)31-11-8-18-15(13-31)20-14(17-7-9-28-29-17)12-16(26)21(27)22(20)30(18)4/h7,9,12,19H,5-6,8,10-11,13H2,1-4H3,(H,28,29). The maximum absolute atomic E-state index is 13.7. The third kappa shape index (κ3) is 4.16. The van der Waals surface area contributed by atoms with E-state index in [0.29, 0.717) is 42.5 Å². The summed E-state index contributed by atoms with van der Waals surface area (Å²) in [7, 11) is 1.98. The van der Waals surface area contributed by atoms with Crippen LogP contribution in [0.1, 0.15) is 44.9 Å². The van der Waals surface area contributed by atoms with Gasteiger partial charge in [-0.15, -0.1) is 0 Å². The molecule has 0 bridgehead atoms. The second-order valence-corrected chi connectivity index (χ2v) is 11.0. The summed E-state index contributed by atoms with van der Waals surface area (Å²) in [5, 5.41) is 9.05. The molecule has 2 aliphatic rings. The quantitative estimate of drug-likeness (QED) is 0.508. The van der Waals surface area contributed by atoms with Crippen LogP contribution in [0.25, 0.3) is 22.2 Å². The minimum Gasteiger partial charge on any atom is -0.444 e. The van der Waals surface area contributed by atoms with Crippen molar-refractivity contribution in [1.82, 2.24) is 24.6 Å². The summed E-state index contributed by atoms with van der Waals surface area (Å²) < 4.78 is 7.65. The molecule has 4 heterocycles. The first-order valence-corrected chi connectivity index (χ1v) is 12.6. The fourth-order valence-electron chi connectivity index (χ4n) is 5.29. The van der Waals surface area contributed by atoms with Gasteiger partial charge in [-0.2, -0.15) is 5.10 Å². The number of H-pyrrole nitrogens is 1. The van der Waals surface area contributed by atoms with Crippen molar-refractivity contribution in [3.05, 3.63) is 39.6 Å². The number of hydrogen-bond acceptors (Lipinski definition) is 4.